The maximum Gasteiger partial charge on any atom is 0.159 e. The van der Waals surface area contributed by atoms with Crippen LogP contribution in [0.3, 0.4) is 0 Å². The third-order valence-electron chi connectivity index (χ3n) is 3.87. The van der Waals surface area contributed by atoms with Gasteiger partial charge in [0.25, 0.3) is 0 Å². The fourth-order valence-corrected chi connectivity index (χ4v) is 2.74. The maximum atomic E-state index is 5.26. The lowest BCUT2D eigenvalue weighted by Gasteiger charge is -2.19. The molecule has 2 aromatic rings. The van der Waals surface area contributed by atoms with Crippen LogP contribution in [0.2, 0.25) is 0 Å². The predicted octanol–water partition coefficient (Wildman–Crippen LogP) is 2.92. The van der Waals surface area contributed by atoms with Gasteiger partial charge >= 0.3 is 0 Å². The average molecular weight is 269 g/mol. The molecule has 0 spiro atoms. The second-order valence-corrected chi connectivity index (χ2v) is 5.18. The van der Waals surface area contributed by atoms with E-state index < -0.39 is 0 Å². The lowest BCUT2D eigenvalue weighted by Crippen LogP contribution is -2.18. The summed E-state index contributed by atoms with van der Waals surface area (Å²) in [6, 6.07) is 10.3. The van der Waals surface area contributed by atoms with Crippen LogP contribution in [0.5, 0.6) is 5.75 Å². The number of ether oxygens (including phenoxy) is 1. The van der Waals surface area contributed by atoms with E-state index in [-0.39, 0.29) is 0 Å². The normalized spacial score (nSPS) is 19.2. The maximum absolute atomic E-state index is 5.26. The Hall–Kier alpha value is -1.94. The molecule has 0 bridgehead atoms. The summed E-state index contributed by atoms with van der Waals surface area (Å²) in [7, 11) is 3.83. The molecule has 0 amide bonds. The molecule has 0 radical (unpaired) electrons. The topological polar surface area (TPSA) is 38.2 Å². The quantitative estimate of drug-likeness (QED) is 0.858. The van der Waals surface area contributed by atoms with Crippen LogP contribution in [0.4, 0.5) is 0 Å². The smallest absolute Gasteiger partial charge is 0.159 e. The van der Waals surface area contributed by atoms with Crippen LogP contribution < -0.4 is 4.74 Å². The third-order valence-corrected chi connectivity index (χ3v) is 3.87. The summed E-state index contributed by atoms with van der Waals surface area (Å²) >= 11 is 0. The van der Waals surface area contributed by atoms with Crippen LogP contribution in [0.25, 0.3) is 11.4 Å². The Balaban J connectivity index is 1.94. The number of hydrogen-bond donors (Lipinski definition) is 0. The minimum Gasteiger partial charge on any atom is -0.497 e. The monoisotopic (exact) mass is 269 g/mol. The van der Waals surface area contributed by atoms with E-state index in [1.807, 2.05) is 36.5 Å². The zero-order valence-electron chi connectivity index (χ0n) is 11.9. The fraction of sp³-hybridized carbons (Fsp3) is 0.375. The second-order valence-electron chi connectivity index (χ2n) is 5.18. The van der Waals surface area contributed by atoms with Crippen LogP contribution in [0, 0.1) is 0 Å². The SMILES string of the molecule is COc1cccc(-c2nccc([C@@H]3CCCN3C)n2)c1. The molecule has 1 aliphatic heterocycles. The summed E-state index contributed by atoms with van der Waals surface area (Å²) in [6.07, 6.45) is 4.26. The van der Waals surface area contributed by atoms with Crippen molar-refractivity contribution in [1.29, 1.82) is 0 Å². The number of methoxy groups -OCH3 is 1. The number of hydrogen-bond acceptors (Lipinski definition) is 4. The average Bonchev–Trinajstić information content (AvgIpc) is 2.94. The first kappa shape index (κ1) is 13.1. The predicted molar refractivity (Wildman–Crippen MR) is 78.6 cm³/mol. The Kier molecular flexibility index (Phi) is 3.65. The van der Waals surface area contributed by atoms with Gasteiger partial charge in [-0.05, 0) is 44.6 Å². The van der Waals surface area contributed by atoms with Gasteiger partial charge < -0.3 is 4.74 Å². The van der Waals surface area contributed by atoms with Gasteiger partial charge in [0.2, 0.25) is 0 Å². The van der Waals surface area contributed by atoms with Gasteiger partial charge in [-0.3, -0.25) is 4.90 Å². The van der Waals surface area contributed by atoms with E-state index in [4.69, 9.17) is 9.72 Å². The Morgan fingerprint density at radius 1 is 1.30 bits per heavy atom. The van der Waals surface area contributed by atoms with Gasteiger partial charge in [-0.2, -0.15) is 0 Å². The zero-order chi connectivity index (χ0) is 13.9. The van der Waals surface area contributed by atoms with E-state index in [1.54, 1.807) is 7.11 Å². The molecule has 104 valence electrons. The first-order valence-electron chi connectivity index (χ1n) is 6.95. The largest absolute Gasteiger partial charge is 0.497 e. The summed E-state index contributed by atoms with van der Waals surface area (Å²) in [6.45, 7) is 1.14. The molecule has 0 unspecified atom stereocenters. The summed E-state index contributed by atoms with van der Waals surface area (Å²) in [5.41, 5.74) is 2.10. The Morgan fingerprint density at radius 3 is 2.95 bits per heavy atom. The van der Waals surface area contributed by atoms with E-state index in [0.29, 0.717) is 6.04 Å². The van der Waals surface area contributed by atoms with Gasteiger partial charge in [-0.25, -0.2) is 9.97 Å². The zero-order valence-corrected chi connectivity index (χ0v) is 11.9. The molecule has 1 saturated heterocycles. The molecule has 20 heavy (non-hydrogen) atoms. The Labute approximate surface area is 119 Å². The molecule has 1 aromatic heterocycles. The van der Waals surface area contributed by atoms with Crippen molar-refractivity contribution in [2.45, 2.75) is 18.9 Å². The van der Waals surface area contributed by atoms with E-state index in [9.17, 15) is 0 Å². The van der Waals surface area contributed by atoms with Gasteiger partial charge in [0.05, 0.1) is 18.8 Å². The van der Waals surface area contributed by atoms with Gasteiger partial charge in [-0.1, -0.05) is 12.1 Å². The number of aromatic nitrogens is 2. The standard InChI is InChI=1S/C16H19N3O/c1-19-10-4-7-15(19)14-8-9-17-16(18-14)12-5-3-6-13(11-12)20-2/h3,5-6,8-9,11,15H,4,7,10H2,1-2H3/t15-/m0/s1. The van der Waals surface area contributed by atoms with Crippen molar-refractivity contribution in [3.05, 3.63) is 42.2 Å². The van der Waals surface area contributed by atoms with Crippen molar-refractivity contribution in [1.82, 2.24) is 14.9 Å². The Morgan fingerprint density at radius 2 is 2.20 bits per heavy atom. The van der Waals surface area contributed by atoms with Crippen molar-refractivity contribution in [2.24, 2.45) is 0 Å². The molecule has 0 aliphatic carbocycles. The van der Waals surface area contributed by atoms with Crippen LogP contribution in [-0.2, 0) is 0 Å². The van der Waals surface area contributed by atoms with E-state index in [1.165, 1.54) is 12.8 Å². The highest BCUT2D eigenvalue weighted by Gasteiger charge is 2.24. The molecular weight excluding hydrogens is 250 g/mol. The molecule has 4 heteroatoms. The molecule has 1 fully saturated rings. The first-order chi connectivity index (χ1) is 9.78. The number of benzene rings is 1. The van der Waals surface area contributed by atoms with Crippen molar-refractivity contribution < 1.29 is 4.74 Å². The van der Waals surface area contributed by atoms with Crippen LogP contribution in [0.1, 0.15) is 24.6 Å². The number of rotatable bonds is 3. The molecule has 2 heterocycles. The van der Waals surface area contributed by atoms with E-state index >= 15 is 0 Å². The lowest BCUT2D eigenvalue weighted by atomic mass is 10.1. The van der Waals surface area contributed by atoms with Gasteiger partial charge in [-0.15, -0.1) is 0 Å². The van der Waals surface area contributed by atoms with Crippen molar-refractivity contribution in [3.63, 3.8) is 0 Å². The van der Waals surface area contributed by atoms with Crippen molar-refractivity contribution in [3.8, 4) is 17.1 Å². The number of nitrogens with zero attached hydrogens (tertiary/aromatic N) is 3. The fourth-order valence-electron chi connectivity index (χ4n) is 2.74. The van der Waals surface area contributed by atoms with Crippen LogP contribution in [-0.4, -0.2) is 35.6 Å². The van der Waals surface area contributed by atoms with Crippen molar-refractivity contribution >= 4 is 0 Å². The highest BCUT2D eigenvalue weighted by Crippen LogP contribution is 2.30. The van der Waals surface area contributed by atoms with E-state index in [0.717, 1.165) is 29.4 Å². The summed E-state index contributed by atoms with van der Waals surface area (Å²) in [5.74, 6) is 1.59. The van der Waals surface area contributed by atoms with Gasteiger partial charge in [0, 0.05) is 11.8 Å². The third kappa shape index (κ3) is 2.51. The first-order valence-corrected chi connectivity index (χ1v) is 6.95. The molecule has 1 aliphatic rings. The van der Waals surface area contributed by atoms with E-state index in [2.05, 4.69) is 16.9 Å². The summed E-state index contributed by atoms with van der Waals surface area (Å²) in [5, 5.41) is 0. The van der Waals surface area contributed by atoms with Crippen LogP contribution >= 0.6 is 0 Å². The molecule has 4 nitrogen and oxygen atoms in total. The van der Waals surface area contributed by atoms with Gasteiger partial charge in [0.1, 0.15) is 5.75 Å². The summed E-state index contributed by atoms with van der Waals surface area (Å²) < 4.78 is 5.26. The van der Waals surface area contributed by atoms with Crippen LogP contribution in [0.15, 0.2) is 36.5 Å². The molecule has 0 N–H and O–H groups in total. The molecule has 1 atom stereocenters. The highest BCUT2D eigenvalue weighted by molar-refractivity contribution is 5.57. The lowest BCUT2D eigenvalue weighted by molar-refractivity contribution is 0.312. The van der Waals surface area contributed by atoms with Crippen molar-refractivity contribution in [2.75, 3.05) is 20.7 Å². The highest BCUT2D eigenvalue weighted by atomic mass is 16.5. The minimum atomic E-state index is 0.419. The molecule has 3 rings (SSSR count). The summed E-state index contributed by atoms with van der Waals surface area (Å²) in [4.78, 5) is 11.5. The number of likely N-dealkylation sites (tertiary alicyclic amines) is 1. The molecule has 1 aromatic carbocycles. The minimum absolute atomic E-state index is 0.419. The molecular formula is C16H19N3O. The Bertz CT molecular complexity index is 600. The second kappa shape index (κ2) is 5.59. The van der Waals surface area contributed by atoms with Gasteiger partial charge in [0.15, 0.2) is 5.82 Å². The molecule has 0 saturated carbocycles.